The Morgan fingerprint density at radius 1 is 0.833 bits per heavy atom. The van der Waals surface area contributed by atoms with E-state index in [1.54, 1.807) is 12.1 Å². The number of aryl methyl sites for hydroxylation is 1. The molecule has 4 nitrogen and oxygen atoms in total. The molecule has 3 N–H and O–H groups in total. The molecule has 0 radical (unpaired) electrons. The fourth-order valence-corrected chi connectivity index (χ4v) is 1.58. The van der Waals surface area contributed by atoms with Crippen molar-refractivity contribution >= 4 is 10.1 Å². The van der Waals surface area contributed by atoms with Gasteiger partial charge in [0.15, 0.2) is 0 Å². The van der Waals surface area contributed by atoms with Crippen molar-refractivity contribution in [2.75, 3.05) is 0 Å². The van der Waals surface area contributed by atoms with E-state index >= 15 is 0 Å². The van der Waals surface area contributed by atoms with Crippen LogP contribution in [0.2, 0.25) is 0 Å². The highest BCUT2D eigenvalue weighted by atomic mass is 32.2. The highest BCUT2D eigenvalue weighted by Crippen LogP contribution is 2.08. The quantitative estimate of drug-likeness (QED) is 0.803. The SMILES string of the molecule is Cc1ccc(S(=O)(=O)O)cc1.O.c1ccccc1. The van der Waals surface area contributed by atoms with Crippen molar-refractivity contribution in [2.24, 2.45) is 0 Å². The third-order valence-corrected chi connectivity index (χ3v) is 2.85. The van der Waals surface area contributed by atoms with Crippen LogP contribution < -0.4 is 0 Å². The molecular weight excluding hydrogens is 252 g/mol. The first-order valence-electron chi connectivity index (χ1n) is 5.04. The average molecular weight is 268 g/mol. The van der Waals surface area contributed by atoms with Gasteiger partial charge in [0.1, 0.15) is 0 Å². The van der Waals surface area contributed by atoms with Crippen molar-refractivity contribution in [3.63, 3.8) is 0 Å². The fraction of sp³-hybridized carbons (Fsp3) is 0.0769. The second-order valence-electron chi connectivity index (χ2n) is 3.44. The lowest BCUT2D eigenvalue weighted by Gasteiger charge is -1.95. The van der Waals surface area contributed by atoms with Gasteiger partial charge in [0, 0.05) is 0 Å². The maximum absolute atomic E-state index is 10.5. The van der Waals surface area contributed by atoms with Crippen LogP contribution in [0.1, 0.15) is 5.56 Å². The van der Waals surface area contributed by atoms with Gasteiger partial charge in [0.05, 0.1) is 4.90 Å². The van der Waals surface area contributed by atoms with E-state index < -0.39 is 10.1 Å². The van der Waals surface area contributed by atoms with Crippen molar-refractivity contribution in [3.05, 3.63) is 66.2 Å². The summed E-state index contributed by atoms with van der Waals surface area (Å²) in [7, 11) is -4.02. The number of benzene rings is 2. The van der Waals surface area contributed by atoms with Crippen molar-refractivity contribution < 1.29 is 18.4 Å². The summed E-state index contributed by atoms with van der Waals surface area (Å²) in [6.45, 7) is 1.84. The van der Waals surface area contributed by atoms with E-state index in [0.717, 1.165) is 5.56 Å². The van der Waals surface area contributed by atoms with Gasteiger partial charge >= 0.3 is 0 Å². The van der Waals surface area contributed by atoms with Gasteiger partial charge in [-0.05, 0) is 19.1 Å². The molecule has 0 aliphatic heterocycles. The Balaban J connectivity index is 0.000000352. The second kappa shape index (κ2) is 7.60. The lowest BCUT2D eigenvalue weighted by atomic mass is 10.2. The maximum Gasteiger partial charge on any atom is 0.294 e. The Morgan fingerprint density at radius 3 is 1.44 bits per heavy atom. The molecule has 0 spiro atoms. The molecule has 0 unspecified atom stereocenters. The Kier molecular flexibility index (Phi) is 6.89. The monoisotopic (exact) mass is 268 g/mol. The van der Waals surface area contributed by atoms with Crippen LogP contribution in [0.3, 0.4) is 0 Å². The lowest BCUT2D eigenvalue weighted by molar-refractivity contribution is 0.483. The molecule has 0 aromatic heterocycles. The average Bonchev–Trinajstić information content (AvgIpc) is 2.31. The van der Waals surface area contributed by atoms with Gasteiger partial charge < -0.3 is 5.48 Å². The van der Waals surface area contributed by atoms with Gasteiger partial charge in [-0.15, -0.1) is 0 Å². The molecule has 0 saturated heterocycles. The summed E-state index contributed by atoms with van der Waals surface area (Å²) in [4.78, 5) is -0.0666. The standard InChI is InChI=1S/C7H8O3S.C6H6.H2O/c1-6-2-4-7(5-3-6)11(8,9)10;1-2-4-6-5-3-1;/h2-5H,1H3,(H,8,9,10);1-6H;1H2. The first-order chi connectivity index (χ1) is 8.00. The Hall–Kier alpha value is -1.69. The zero-order chi connectivity index (χ0) is 12.7. The predicted molar refractivity (Wildman–Crippen MR) is 71.0 cm³/mol. The summed E-state index contributed by atoms with van der Waals surface area (Å²) in [5.41, 5.74) is 0.956. The van der Waals surface area contributed by atoms with Crippen LogP contribution in [-0.4, -0.2) is 18.4 Å². The normalized spacial score (nSPS) is 9.67. The molecular formula is C13H16O4S. The van der Waals surface area contributed by atoms with E-state index in [-0.39, 0.29) is 10.4 Å². The topological polar surface area (TPSA) is 85.9 Å². The Labute approximate surface area is 107 Å². The molecule has 0 fully saturated rings. The van der Waals surface area contributed by atoms with E-state index in [1.807, 2.05) is 43.3 Å². The molecule has 5 heteroatoms. The van der Waals surface area contributed by atoms with Crippen LogP contribution in [0, 0.1) is 6.92 Å². The van der Waals surface area contributed by atoms with Gasteiger partial charge in [0.2, 0.25) is 0 Å². The predicted octanol–water partition coefficient (Wildman–Crippen LogP) is 2.10. The summed E-state index contributed by atoms with van der Waals surface area (Å²) >= 11 is 0. The van der Waals surface area contributed by atoms with E-state index in [9.17, 15) is 8.42 Å². The van der Waals surface area contributed by atoms with Crippen molar-refractivity contribution in [1.82, 2.24) is 0 Å². The fourth-order valence-electron chi connectivity index (χ4n) is 1.10. The minimum atomic E-state index is -4.02. The molecule has 0 aliphatic carbocycles. The van der Waals surface area contributed by atoms with Crippen LogP contribution in [-0.2, 0) is 10.1 Å². The molecule has 0 saturated carbocycles. The molecule has 18 heavy (non-hydrogen) atoms. The van der Waals surface area contributed by atoms with Gasteiger partial charge in [0.25, 0.3) is 10.1 Å². The highest BCUT2D eigenvalue weighted by Gasteiger charge is 2.06. The van der Waals surface area contributed by atoms with Crippen molar-refractivity contribution in [3.8, 4) is 0 Å². The van der Waals surface area contributed by atoms with Crippen molar-refractivity contribution in [2.45, 2.75) is 11.8 Å². The lowest BCUT2D eigenvalue weighted by Crippen LogP contribution is -1.96. The van der Waals surface area contributed by atoms with E-state index in [1.165, 1.54) is 12.1 Å². The Morgan fingerprint density at radius 2 is 1.17 bits per heavy atom. The summed E-state index contributed by atoms with van der Waals surface area (Å²) in [5.74, 6) is 0. The molecule has 0 atom stereocenters. The van der Waals surface area contributed by atoms with Gasteiger partial charge in [-0.1, -0.05) is 54.1 Å². The van der Waals surface area contributed by atoms with Crippen LogP contribution in [0.4, 0.5) is 0 Å². The summed E-state index contributed by atoms with van der Waals surface area (Å²) in [5, 5.41) is 0. The smallest absolute Gasteiger partial charge is 0.294 e. The molecule has 0 amide bonds. The van der Waals surface area contributed by atoms with Gasteiger partial charge in [-0.25, -0.2) is 0 Å². The molecule has 2 rings (SSSR count). The minimum Gasteiger partial charge on any atom is -0.412 e. The number of hydrogen-bond donors (Lipinski definition) is 1. The summed E-state index contributed by atoms with van der Waals surface area (Å²) in [6, 6.07) is 18.0. The molecule has 2 aromatic carbocycles. The van der Waals surface area contributed by atoms with E-state index in [4.69, 9.17) is 4.55 Å². The Bertz CT molecular complexity index is 506. The highest BCUT2D eigenvalue weighted by molar-refractivity contribution is 7.85. The molecule has 0 aliphatic rings. The molecule has 0 heterocycles. The molecule has 0 bridgehead atoms. The van der Waals surface area contributed by atoms with Crippen LogP contribution in [0.15, 0.2) is 65.6 Å². The van der Waals surface area contributed by atoms with Gasteiger partial charge in [-0.2, -0.15) is 8.42 Å². The van der Waals surface area contributed by atoms with Crippen molar-refractivity contribution in [1.29, 1.82) is 0 Å². The van der Waals surface area contributed by atoms with Gasteiger partial charge in [-0.3, -0.25) is 4.55 Å². The zero-order valence-corrected chi connectivity index (χ0v) is 10.8. The third-order valence-electron chi connectivity index (χ3n) is 1.99. The molecule has 2 aromatic rings. The van der Waals surface area contributed by atoms with Crippen LogP contribution >= 0.6 is 0 Å². The first kappa shape index (κ1) is 16.3. The van der Waals surface area contributed by atoms with E-state index in [0.29, 0.717) is 0 Å². The zero-order valence-electron chi connectivity index (χ0n) is 9.95. The second-order valence-corrected chi connectivity index (χ2v) is 4.86. The number of hydrogen-bond acceptors (Lipinski definition) is 2. The van der Waals surface area contributed by atoms with Crippen LogP contribution in [0.25, 0.3) is 0 Å². The third kappa shape index (κ3) is 6.15. The minimum absolute atomic E-state index is 0. The number of rotatable bonds is 1. The van der Waals surface area contributed by atoms with E-state index in [2.05, 4.69) is 0 Å². The van der Waals surface area contributed by atoms with Crippen LogP contribution in [0.5, 0.6) is 0 Å². The molecule has 98 valence electrons. The summed E-state index contributed by atoms with van der Waals surface area (Å²) in [6.07, 6.45) is 0. The first-order valence-corrected chi connectivity index (χ1v) is 6.48. The largest absolute Gasteiger partial charge is 0.412 e. The summed E-state index contributed by atoms with van der Waals surface area (Å²) < 4.78 is 29.6. The maximum atomic E-state index is 10.5.